The second kappa shape index (κ2) is 2.85. The Labute approximate surface area is 79.2 Å². The van der Waals surface area contributed by atoms with Crippen LogP contribution in [-0.4, -0.2) is 13.1 Å². The lowest BCUT2D eigenvalue weighted by molar-refractivity contribution is 0.448. The summed E-state index contributed by atoms with van der Waals surface area (Å²) in [6.07, 6.45) is 2.82. The molecule has 2 aliphatic rings. The highest BCUT2D eigenvalue weighted by Crippen LogP contribution is 2.40. The molecule has 0 aromatic heterocycles. The fourth-order valence-corrected chi connectivity index (χ4v) is 2.01. The van der Waals surface area contributed by atoms with Gasteiger partial charge >= 0.3 is 0 Å². The lowest BCUT2D eigenvalue weighted by atomic mass is 9.92. The minimum atomic E-state index is 0.790. The molecular weight excluding hydrogens is 158 g/mol. The molecule has 1 nitrogen and oxygen atoms in total. The summed E-state index contributed by atoms with van der Waals surface area (Å²) in [7, 11) is 0. The Morgan fingerprint density at radius 3 is 2.23 bits per heavy atom. The molecule has 0 amide bonds. The predicted molar refractivity (Wildman–Crippen MR) is 54.0 cm³/mol. The van der Waals surface area contributed by atoms with E-state index >= 15 is 0 Å². The fraction of sp³-hybridized carbons (Fsp3) is 0.500. The molecule has 13 heavy (non-hydrogen) atoms. The van der Waals surface area contributed by atoms with Crippen molar-refractivity contribution in [2.24, 2.45) is 0 Å². The highest BCUT2D eigenvalue weighted by atomic mass is 14.9. The third-order valence-electron chi connectivity index (χ3n) is 3.21. The Kier molecular flexibility index (Phi) is 1.66. The van der Waals surface area contributed by atoms with Crippen LogP contribution in [0.5, 0.6) is 0 Å². The molecule has 0 spiro atoms. The minimum Gasteiger partial charge on any atom is -0.315 e. The SMILES string of the molecule is c1cc(C2CC2)cc(C2CNC2)c1. The highest BCUT2D eigenvalue weighted by Gasteiger charge is 2.25. The Hall–Kier alpha value is -0.820. The van der Waals surface area contributed by atoms with Crippen LogP contribution in [0.3, 0.4) is 0 Å². The van der Waals surface area contributed by atoms with Gasteiger partial charge in [0.05, 0.1) is 0 Å². The van der Waals surface area contributed by atoms with E-state index in [2.05, 4.69) is 29.6 Å². The van der Waals surface area contributed by atoms with Crippen LogP contribution in [0.2, 0.25) is 0 Å². The first-order valence-corrected chi connectivity index (χ1v) is 5.24. The average molecular weight is 173 g/mol. The van der Waals surface area contributed by atoms with Crippen molar-refractivity contribution in [1.29, 1.82) is 0 Å². The summed E-state index contributed by atoms with van der Waals surface area (Å²) in [5, 5.41) is 3.32. The molecule has 1 aliphatic heterocycles. The monoisotopic (exact) mass is 173 g/mol. The van der Waals surface area contributed by atoms with E-state index in [1.165, 1.54) is 25.9 Å². The maximum Gasteiger partial charge on any atom is 0.00886 e. The van der Waals surface area contributed by atoms with Gasteiger partial charge in [-0.1, -0.05) is 24.3 Å². The lowest BCUT2D eigenvalue weighted by Crippen LogP contribution is -2.39. The van der Waals surface area contributed by atoms with E-state index in [1.54, 1.807) is 11.1 Å². The largest absolute Gasteiger partial charge is 0.315 e. The molecule has 0 unspecified atom stereocenters. The molecule has 1 aliphatic carbocycles. The van der Waals surface area contributed by atoms with Crippen LogP contribution in [0.4, 0.5) is 0 Å². The molecule has 0 atom stereocenters. The van der Waals surface area contributed by atoms with Gasteiger partial charge in [-0.05, 0) is 29.9 Å². The molecule has 2 fully saturated rings. The Morgan fingerprint density at radius 2 is 1.69 bits per heavy atom. The minimum absolute atomic E-state index is 0.790. The van der Waals surface area contributed by atoms with Crippen LogP contribution >= 0.6 is 0 Å². The Balaban J connectivity index is 1.87. The summed E-state index contributed by atoms with van der Waals surface area (Å²) >= 11 is 0. The van der Waals surface area contributed by atoms with E-state index in [0.29, 0.717) is 0 Å². The summed E-state index contributed by atoms with van der Waals surface area (Å²) in [5.41, 5.74) is 3.12. The molecule has 1 heteroatoms. The van der Waals surface area contributed by atoms with Crippen LogP contribution in [0.25, 0.3) is 0 Å². The van der Waals surface area contributed by atoms with Gasteiger partial charge in [-0.3, -0.25) is 0 Å². The van der Waals surface area contributed by atoms with Gasteiger partial charge in [0.25, 0.3) is 0 Å². The molecular formula is C12H15N. The van der Waals surface area contributed by atoms with Gasteiger partial charge in [-0.15, -0.1) is 0 Å². The summed E-state index contributed by atoms with van der Waals surface area (Å²) in [6.45, 7) is 2.35. The van der Waals surface area contributed by atoms with Gasteiger partial charge in [0.2, 0.25) is 0 Å². The molecule has 68 valence electrons. The van der Waals surface area contributed by atoms with Crippen molar-refractivity contribution in [2.45, 2.75) is 24.7 Å². The molecule has 0 bridgehead atoms. The van der Waals surface area contributed by atoms with Crippen LogP contribution in [0.1, 0.15) is 35.8 Å². The van der Waals surface area contributed by atoms with E-state index in [1.807, 2.05) is 0 Å². The average Bonchev–Trinajstić information content (AvgIpc) is 2.83. The van der Waals surface area contributed by atoms with E-state index in [-0.39, 0.29) is 0 Å². The van der Waals surface area contributed by atoms with E-state index in [0.717, 1.165) is 11.8 Å². The van der Waals surface area contributed by atoms with Crippen molar-refractivity contribution in [1.82, 2.24) is 5.32 Å². The lowest BCUT2D eigenvalue weighted by Gasteiger charge is -2.27. The normalized spacial score (nSPS) is 22.8. The van der Waals surface area contributed by atoms with Gasteiger partial charge in [-0.2, -0.15) is 0 Å². The molecule has 0 radical (unpaired) electrons. The Morgan fingerprint density at radius 1 is 1.00 bits per heavy atom. The van der Waals surface area contributed by atoms with Crippen LogP contribution in [0, 0.1) is 0 Å². The predicted octanol–water partition coefficient (Wildman–Crippen LogP) is 2.25. The Bertz CT molecular complexity index is 311. The van der Waals surface area contributed by atoms with E-state index in [9.17, 15) is 0 Å². The van der Waals surface area contributed by atoms with Crippen molar-refractivity contribution >= 4 is 0 Å². The summed E-state index contributed by atoms with van der Waals surface area (Å²) in [4.78, 5) is 0. The number of rotatable bonds is 2. The first-order chi connectivity index (χ1) is 6.43. The molecule has 1 aromatic carbocycles. The summed E-state index contributed by atoms with van der Waals surface area (Å²) in [5.74, 6) is 1.69. The van der Waals surface area contributed by atoms with Crippen molar-refractivity contribution in [2.75, 3.05) is 13.1 Å². The number of nitrogens with one attached hydrogen (secondary N) is 1. The molecule has 3 rings (SSSR count). The van der Waals surface area contributed by atoms with Gasteiger partial charge in [0.15, 0.2) is 0 Å². The van der Waals surface area contributed by atoms with Crippen molar-refractivity contribution in [3.05, 3.63) is 35.4 Å². The number of hydrogen-bond donors (Lipinski definition) is 1. The van der Waals surface area contributed by atoms with Crippen molar-refractivity contribution in [3.8, 4) is 0 Å². The second-order valence-corrected chi connectivity index (χ2v) is 4.30. The summed E-state index contributed by atoms with van der Waals surface area (Å²) < 4.78 is 0. The van der Waals surface area contributed by atoms with Gasteiger partial charge in [0.1, 0.15) is 0 Å². The third-order valence-corrected chi connectivity index (χ3v) is 3.21. The fourth-order valence-electron chi connectivity index (χ4n) is 2.01. The molecule has 1 saturated carbocycles. The van der Waals surface area contributed by atoms with Gasteiger partial charge in [0, 0.05) is 19.0 Å². The van der Waals surface area contributed by atoms with E-state index in [4.69, 9.17) is 0 Å². The van der Waals surface area contributed by atoms with Crippen LogP contribution in [-0.2, 0) is 0 Å². The molecule has 1 heterocycles. The smallest absolute Gasteiger partial charge is 0.00886 e. The topological polar surface area (TPSA) is 12.0 Å². The number of hydrogen-bond acceptors (Lipinski definition) is 1. The quantitative estimate of drug-likeness (QED) is 0.723. The van der Waals surface area contributed by atoms with Gasteiger partial charge in [-0.25, -0.2) is 0 Å². The zero-order chi connectivity index (χ0) is 8.67. The maximum atomic E-state index is 3.32. The summed E-state index contributed by atoms with van der Waals surface area (Å²) in [6, 6.07) is 9.20. The third kappa shape index (κ3) is 1.37. The van der Waals surface area contributed by atoms with Crippen LogP contribution in [0.15, 0.2) is 24.3 Å². The molecule has 1 aromatic rings. The second-order valence-electron chi connectivity index (χ2n) is 4.30. The van der Waals surface area contributed by atoms with E-state index < -0.39 is 0 Å². The zero-order valence-corrected chi connectivity index (χ0v) is 7.79. The highest BCUT2D eigenvalue weighted by molar-refractivity contribution is 5.32. The molecule has 1 saturated heterocycles. The van der Waals surface area contributed by atoms with Crippen LogP contribution < -0.4 is 5.32 Å². The van der Waals surface area contributed by atoms with Gasteiger partial charge < -0.3 is 5.32 Å². The standard InChI is InChI=1S/C12H15N/c1-2-10(9-4-5-9)6-11(3-1)12-7-13-8-12/h1-3,6,9,12-13H,4-5,7-8H2. The molecule has 1 N–H and O–H groups in total. The van der Waals surface area contributed by atoms with Crippen molar-refractivity contribution < 1.29 is 0 Å². The first kappa shape index (κ1) is 7.57. The number of benzene rings is 1. The first-order valence-electron chi connectivity index (χ1n) is 5.24. The maximum absolute atomic E-state index is 3.32. The zero-order valence-electron chi connectivity index (χ0n) is 7.79. The van der Waals surface area contributed by atoms with Crippen molar-refractivity contribution in [3.63, 3.8) is 0 Å².